The van der Waals surface area contributed by atoms with Crippen LogP contribution < -0.4 is 31.9 Å². The SMILES string of the molecule is CCCCN1CC(Nc2cc(F)c(C=O)c(F)n2)C1.CCCCN1CC(Nc2ccc(C=O)c(C)c2)C1.CCCCN1CC(Nc2ccc(C=O)c(F)n2)C1.CCCCN1CC(Nc2ccc(C=O)nc2)C1.CCCCN1CC(Nc2cnc(C=O)c(F)c2)C1.[C-]#[N+]c1cc(NC2CN(CCCC)C2)ccc1C=O. The van der Waals surface area contributed by atoms with Crippen molar-refractivity contribution >= 4 is 77.8 Å². The van der Waals surface area contributed by atoms with Crippen molar-refractivity contribution in [1.82, 2.24) is 49.3 Å². The van der Waals surface area contributed by atoms with Crippen LogP contribution in [0, 0.1) is 37.0 Å². The molecule has 12 rings (SSSR count). The Kier molecular flexibility index (Phi) is 37.6. The molecule has 10 heterocycles. The highest BCUT2D eigenvalue weighted by molar-refractivity contribution is 5.86. The lowest BCUT2D eigenvalue weighted by molar-refractivity contribution is 0.110. The first kappa shape index (κ1) is 87.1. The van der Waals surface area contributed by atoms with Crippen LogP contribution in [0.5, 0.6) is 0 Å². The first-order chi connectivity index (χ1) is 52.9. The number of aryl methyl sites for hydroxylation is 1. The van der Waals surface area contributed by atoms with Crippen molar-refractivity contribution in [1.29, 1.82) is 0 Å². The minimum atomic E-state index is -1.07. The van der Waals surface area contributed by atoms with Crippen molar-refractivity contribution in [3.8, 4) is 0 Å². The van der Waals surface area contributed by atoms with E-state index in [-0.39, 0.29) is 29.4 Å². The number of unbranched alkanes of at least 4 members (excludes halogenated alkanes) is 6. The van der Waals surface area contributed by atoms with Gasteiger partial charge in [-0.15, -0.1) is 0 Å². The van der Waals surface area contributed by atoms with Gasteiger partial charge < -0.3 is 31.9 Å². The molecule has 6 aliphatic heterocycles. The summed E-state index contributed by atoms with van der Waals surface area (Å²) in [6.07, 6.45) is 21.4. The fourth-order valence-corrected chi connectivity index (χ4v) is 12.9. The van der Waals surface area contributed by atoms with E-state index in [9.17, 15) is 46.3 Å². The molecule has 0 aliphatic carbocycles. The van der Waals surface area contributed by atoms with E-state index in [1.165, 1.54) is 102 Å². The number of likely N-dealkylation sites (tertiary alicyclic amines) is 6. The van der Waals surface area contributed by atoms with Gasteiger partial charge >= 0.3 is 0 Å². The third kappa shape index (κ3) is 29.0. The molecule has 0 bridgehead atoms. The minimum Gasteiger partial charge on any atom is -0.381 e. The van der Waals surface area contributed by atoms with Crippen LogP contribution in [0.1, 0.15) is 187 Å². The molecule has 6 saturated heterocycles. The molecule has 109 heavy (non-hydrogen) atoms. The summed E-state index contributed by atoms with van der Waals surface area (Å²) in [6.45, 7) is 41.3. The maximum absolute atomic E-state index is 13.4. The molecule has 0 amide bonds. The summed E-state index contributed by atoms with van der Waals surface area (Å²) in [5.41, 5.74) is 6.09. The maximum atomic E-state index is 13.4. The van der Waals surface area contributed by atoms with Crippen LogP contribution in [-0.4, -0.2) is 241 Å². The lowest BCUT2D eigenvalue weighted by Crippen LogP contribution is -2.54. The average molecular weight is 1510 g/mol. The zero-order valence-electron chi connectivity index (χ0n) is 64.6. The molecule has 590 valence electrons. The predicted molar refractivity (Wildman–Crippen MR) is 426 cm³/mol. The molecule has 6 N–H and O–H groups in total. The summed E-state index contributed by atoms with van der Waals surface area (Å²) in [5.74, 6) is -2.60. The van der Waals surface area contributed by atoms with E-state index in [4.69, 9.17) is 6.57 Å². The monoisotopic (exact) mass is 1510 g/mol. The average Bonchev–Trinajstić information content (AvgIpc) is 0.882. The standard InChI is InChI=1S/C15H19N3O.C15H22N2O.C13H17F2N3O.2C13H18FN3O.C13H19N3O/c1-3-4-7-18-9-14(10-18)17-13-6-5-12(11-19)15(8-13)16-2;1-3-4-7-17-9-15(10-17)16-14-6-5-13(11-18)12(2)8-14;1-2-3-4-18-6-9(7-18)16-12-5-11(14)10(8-19)13(15)17-12;1-2-3-6-17-7-11(8-17)15-12-5-4-10(9-18)13(14)16-12;1-2-3-4-17-7-11(8-17)16-10-5-12(14)13(9-18)15-6-10;1-2-3-6-16-8-13(9-16)15-11-4-5-12(10-17)14-7-11/h5-6,8,11,14,17H,3-4,7,9-10H2,1H3;5-6,8,11,15-16H,3-4,7,9-10H2,1-2H3;5,8-9H,2-4,6-7H2,1H3,(H,16,17);4-5,9,11H,2-3,6-8H2,1H3,(H,15,16);5-6,9,11,16H,2-4,7-8H2,1H3;4-5,7,10,13,15H,2-3,6,8-9H2,1H3. The number of carbonyl (C=O) groups excluding carboxylic acids is 6. The Bertz CT molecular complexity index is 3610. The topological polar surface area (TPSA) is 250 Å². The number of anilines is 6. The van der Waals surface area contributed by atoms with Gasteiger partial charge in [-0.3, -0.25) is 63.2 Å². The van der Waals surface area contributed by atoms with Gasteiger partial charge in [0.25, 0.3) is 0 Å². The molecular formula is C82H113F4N17O6. The minimum absolute atomic E-state index is 0.00117. The highest BCUT2D eigenvalue weighted by Crippen LogP contribution is 2.27. The van der Waals surface area contributed by atoms with Gasteiger partial charge in [0.1, 0.15) is 47.0 Å². The number of rotatable bonds is 36. The number of carbonyl (C=O) groups is 6. The molecule has 0 spiro atoms. The van der Waals surface area contributed by atoms with Crippen molar-refractivity contribution in [2.45, 2.75) is 162 Å². The van der Waals surface area contributed by atoms with Crippen LogP contribution in [0.2, 0.25) is 0 Å². The summed E-state index contributed by atoms with van der Waals surface area (Å²) >= 11 is 0. The van der Waals surface area contributed by atoms with Crippen molar-refractivity contribution < 1.29 is 46.3 Å². The molecule has 0 saturated carbocycles. The Balaban J connectivity index is 0.000000182. The summed E-state index contributed by atoms with van der Waals surface area (Å²) in [4.78, 5) is 96.1. The molecule has 23 nitrogen and oxygen atoms in total. The summed E-state index contributed by atoms with van der Waals surface area (Å²) < 4.78 is 53.3. The van der Waals surface area contributed by atoms with Crippen LogP contribution in [-0.2, 0) is 0 Å². The van der Waals surface area contributed by atoms with Gasteiger partial charge in [-0.2, -0.15) is 8.78 Å². The number of aldehydes is 6. The highest BCUT2D eigenvalue weighted by atomic mass is 19.1. The number of hydrogen-bond acceptors (Lipinski definition) is 22. The predicted octanol–water partition coefficient (Wildman–Crippen LogP) is 13.4. The number of hydrogen-bond donors (Lipinski definition) is 6. The third-order valence-corrected chi connectivity index (χ3v) is 19.5. The Labute approximate surface area is 641 Å². The fourth-order valence-electron chi connectivity index (χ4n) is 12.9. The summed E-state index contributed by atoms with van der Waals surface area (Å²) in [7, 11) is 0. The van der Waals surface area contributed by atoms with Gasteiger partial charge in [0.15, 0.2) is 36.6 Å². The van der Waals surface area contributed by atoms with Gasteiger partial charge in [-0.05, 0) is 145 Å². The maximum Gasteiger partial charge on any atom is 0.228 e. The zero-order valence-corrected chi connectivity index (χ0v) is 64.6. The van der Waals surface area contributed by atoms with Gasteiger partial charge in [-0.1, -0.05) is 86.1 Å². The number of benzene rings is 2. The van der Waals surface area contributed by atoms with Crippen molar-refractivity contribution in [2.75, 3.05) is 150 Å². The second kappa shape index (κ2) is 47.0. The quantitative estimate of drug-likeness (QED) is 0.00926. The number of nitrogens with one attached hydrogen (secondary N) is 6. The van der Waals surface area contributed by atoms with Crippen LogP contribution in [0.4, 0.5) is 57.6 Å². The second-order valence-corrected chi connectivity index (χ2v) is 28.7. The fraction of sp³-hybridized carbons (Fsp3) is 0.524. The lowest BCUT2D eigenvalue weighted by Gasteiger charge is -2.40. The van der Waals surface area contributed by atoms with Gasteiger partial charge in [-0.25, -0.2) is 28.6 Å². The van der Waals surface area contributed by atoms with Crippen molar-refractivity contribution in [2.24, 2.45) is 0 Å². The van der Waals surface area contributed by atoms with Crippen LogP contribution in [0.15, 0.2) is 85.2 Å². The van der Waals surface area contributed by atoms with Crippen LogP contribution in [0.25, 0.3) is 4.85 Å². The molecular weight excluding hydrogens is 1400 g/mol. The van der Waals surface area contributed by atoms with Crippen molar-refractivity contribution in [3.05, 3.63) is 159 Å². The Morgan fingerprint density at radius 3 is 1.15 bits per heavy atom. The van der Waals surface area contributed by atoms with Gasteiger partial charge in [0.2, 0.25) is 11.9 Å². The lowest BCUT2D eigenvalue weighted by atomic mass is 10.1. The van der Waals surface area contributed by atoms with E-state index in [0.29, 0.717) is 71.2 Å². The number of aromatic nitrogens is 4. The van der Waals surface area contributed by atoms with Crippen molar-refractivity contribution in [3.63, 3.8) is 0 Å². The molecule has 6 fully saturated rings. The normalized spacial score (nSPS) is 16.2. The summed E-state index contributed by atoms with van der Waals surface area (Å²) in [6, 6.07) is 22.8. The smallest absolute Gasteiger partial charge is 0.228 e. The molecule has 2 aromatic carbocycles. The van der Waals surface area contributed by atoms with E-state index in [2.05, 4.69) is 134 Å². The number of halogens is 4. The number of nitrogens with zero attached hydrogens (tertiary/aromatic N) is 11. The highest BCUT2D eigenvalue weighted by Gasteiger charge is 2.31. The van der Waals surface area contributed by atoms with Crippen LogP contribution >= 0.6 is 0 Å². The van der Waals surface area contributed by atoms with Crippen LogP contribution in [0.3, 0.4) is 0 Å². The largest absolute Gasteiger partial charge is 0.381 e. The number of pyridine rings is 4. The van der Waals surface area contributed by atoms with E-state index < -0.39 is 29.1 Å². The second-order valence-electron chi connectivity index (χ2n) is 28.7. The third-order valence-electron chi connectivity index (χ3n) is 19.5. The van der Waals surface area contributed by atoms with Gasteiger partial charge in [0.05, 0.1) is 72.2 Å². The molecule has 0 unspecified atom stereocenters. The Morgan fingerprint density at radius 1 is 0.394 bits per heavy atom. The molecule has 6 aromatic rings. The zero-order chi connectivity index (χ0) is 78.5. The van der Waals surface area contributed by atoms with Gasteiger partial charge in [0, 0.05) is 113 Å². The van der Waals surface area contributed by atoms with E-state index in [1.54, 1.807) is 30.5 Å². The molecule has 6 aliphatic rings. The Morgan fingerprint density at radius 2 is 0.780 bits per heavy atom. The Hall–Kier alpha value is -9.17. The molecule has 27 heteroatoms. The molecule has 4 aromatic heterocycles. The first-order valence-electron chi connectivity index (χ1n) is 38.8. The molecule has 0 atom stereocenters. The summed E-state index contributed by atoms with van der Waals surface area (Å²) in [5, 5.41) is 19.7. The van der Waals surface area contributed by atoms with E-state index in [0.717, 1.165) is 164 Å². The van der Waals surface area contributed by atoms with E-state index >= 15 is 0 Å². The molecule has 0 radical (unpaired) electrons. The first-order valence-corrected chi connectivity index (χ1v) is 38.8. The van der Waals surface area contributed by atoms with E-state index in [1.807, 2.05) is 31.2 Å².